The summed E-state index contributed by atoms with van der Waals surface area (Å²) in [5, 5.41) is 10.6. The lowest BCUT2D eigenvalue weighted by Gasteiger charge is -2.14. The number of hydrogen-bond acceptors (Lipinski definition) is 7. The number of nitrogens with zero attached hydrogens (tertiary/aromatic N) is 3. The van der Waals surface area contributed by atoms with Gasteiger partial charge in [-0.05, 0) is 36.6 Å². The standard InChI is InChI=1S/C31H33N3O4/c1-4-6-10-21(5-2)20-38-31(36)24-15-13-23(14-16-24)29-32-28(22-11-8-7-9-12-22)33-30(34-29)26-18-17-25(37-3)19-27(26)35/h7-9,11-19,21,35H,4-6,10,20H2,1-3H3. The zero-order valence-electron chi connectivity index (χ0n) is 22.1. The number of unbranched alkanes of at least 4 members (excludes halogenated alkanes) is 1. The molecule has 196 valence electrons. The molecule has 4 aromatic rings. The highest BCUT2D eigenvalue weighted by Gasteiger charge is 2.16. The molecule has 0 aliphatic heterocycles. The highest BCUT2D eigenvalue weighted by Crippen LogP contribution is 2.32. The first-order valence-corrected chi connectivity index (χ1v) is 13.0. The average molecular weight is 512 g/mol. The van der Waals surface area contributed by atoms with Crippen LogP contribution in [-0.2, 0) is 4.74 Å². The van der Waals surface area contributed by atoms with Crippen molar-refractivity contribution in [3.05, 3.63) is 78.4 Å². The van der Waals surface area contributed by atoms with Gasteiger partial charge in [-0.1, -0.05) is 75.6 Å². The van der Waals surface area contributed by atoms with E-state index >= 15 is 0 Å². The molecule has 0 aliphatic rings. The van der Waals surface area contributed by atoms with Crippen LogP contribution >= 0.6 is 0 Å². The number of aromatic nitrogens is 3. The number of carbonyl (C=O) groups excluding carboxylic acids is 1. The average Bonchev–Trinajstić information content (AvgIpc) is 2.97. The summed E-state index contributed by atoms with van der Waals surface area (Å²) in [5.74, 6) is 1.81. The zero-order valence-corrected chi connectivity index (χ0v) is 22.1. The topological polar surface area (TPSA) is 94.4 Å². The van der Waals surface area contributed by atoms with Gasteiger partial charge in [0.2, 0.25) is 0 Å². The Kier molecular flexibility index (Phi) is 9.03. The Labute approximate surface area is 223 Å². The van der Waals surface area contributed by atoms with Gasteiger partial charge in [-0.2, -0.15) is 0 Å². The second-order valence-corrected chi connectivity index (χ2v) is 9.15. The van der Waals surface area contributed by atoms with E-state index in [9.17, 15) is 9.90 Å². The number of carbonyl (C=O) groups is 1. The Bertz CT molecular complexity index is 1360. The minimum Gasteiger partial charge on any atom is -0.507 e. The van der Waals surface area contributed by atoms with Crippen LogP contribution in [0.2, 0.25) is 0 Å². The molecule has 0 aliphatic carbocycles. The fourth-order valence-electron chi connectivity index (χ4n) is 4.10. The molecule has 1 heterocycles. The van der Waals surface area contributed by atoms with Crippen molar-refractivity contribution >= 4 is 5.97 Å². The number of methoxy groups -OCH3 is 1. The van der Waals surface area contributed by atoms with Crippen LogP contribution in [0.4, 0.5) is 0 Å². The molecule has 3 aromatic carbocycles. The van der Waals surface area contributed by atoms with E-state index in [0.29, 0.717) is 52.4 Å². The maximum Gasteiger partial charge on any atom is 0.338 e. The minimum absolute atomic E-state index is 0.00271. The number of phenolic OH excluding ortho intramolecular Hbond substituents is 1. The number of phenols is 1. The summed E-state index contributed by atoms with van der Waals surface area (Å²) >= 11 is 0. The third-order valence-corrected chi connectivity index (χ3v) is 6.49. The summed E-state index contributed by atoms with van der Waals surface area (Å²) in [6.07, 6.45) is 4.32. The molecule has 7 nitrogen and oxygen atoms in total. The van der Waals surface area contributed by atoms with Gasteiger partial charge in [0.1, 0.15) is 11.5 Å². The van der Waals surface area contributed by atoms with Crippen LogP contribution in [0.25, 0.3) is 34.2 Å². The molecule has 38 heavy (non-hydrogen) atoms. The van der Waals surface area contributed by atoms with Gasteiger partial charge >= 0.3 is 5.97 Å². The summed E-state index contributed by atoms with van der Waals surface area (Å²) in [4.78, 5) is 26.6. The first-order chi connectivity index (χ1) is 18.5. The van der Waals surface area contributed by atoms with Gasteiger partial charge in [0.25, 0.3) is 0 Å². The monoisotopic (exact) mass is 511 g/mol. The minimum atomic E-state index is -0.337. The van der Waals surface area contributed by atoms with Crippen molar-refractivity contribution in [1.82, 2.24) is 15.0 Å². The predicted octanol–water partition coefficient (Wildman–Crippen LogP) is 6.96. The number of rotatable bonds is 11. The van der Waals surface area contributed by atoms with Gasteiger partial charge in [0.15, 0.2) is 17.5 Å². The zero-order chi connectivity index (χ0) is 26.9. The Hall–Kier alpha value is -4.26. The fraction of sp³-hybridized carbons (Fsp3) is 0.290. The molecule has 1 N–H and O–H groups in total. The molecule has 0 bridgehead atoms. The lowest BCUT2D eigenvalue weighted by atomic mass is 10.0. The normalized spacial score (nSPS) is 11.7. The summed E-state index contributed by atoms with van der Waals surface area (Å²) in [5.41, 5.74) is 2.47. The predicted molar refractivity (Wildman–Crippen MR) is 148 cm³/mol. The fourth-order valence-corrected chi connectivity index (χ4v) is 4.10. The number of benzene rings is 3. The number of esters is 1. The quantitative estimate of drug-likeness (QED) is 0.218. The van der Waals surface area contributed by atoms with Gasteiger partial charge in [-0.15, -0.1) is 0 Å². The molecule has 0 fully saturated rings. The van der Waals surface area contributed by atoms with E-state index < -0.39 is 0 Å². The SMILES string of the molecule is CCCCC(CC)COC(=O)c1ccc(-c2nc(-c3ccccc3)nc(-c3ccc(OC)cc3O)n2)cc1. The molecular formula is C31H33N3O4. The van der Waals surface area contributed by atoms with Crippen LogP contribution in [0.1, 0.15) is 49.9 Å². The van der Waals surface area contributed by atoms with Gasteiger partial charge in [-0.3, -0.25) is 0 Å². The van der Waals surface area contributed by atoms with Crippen LogP contribution < -0.4 is 4.74 Å². The summed E-state index contributed by atoms with van der Waals surface area (Å²) in [7, 11) is 1.54. The molecule has 1 unspecified atom stereocenters. The lowest BCUT2D eigenvalue weighted by Crippen LogP contribution is -2.14. The maximum absolute atomic E-state index is 12.7. The van der Waals surface area contributed by atoms with Gasteiger partial charge in [-0.25, -0.2) is 19.7 Å². The van der Waals surface area contributed by atoms with Crippen LogP contribution in [0.3, 0.4) is 0 Å². The smallest absolute Gasteiger partial charge is 0.338 e. The molecule has 7 heteroatoms. The van der Waals surface area contributed by atoms with Gasteiger partial charge in [0, 0.05) is 17.2 Å². The molecule has 4 rings (SSSR count). The van der Waals surface area contributed by atoms with Crippen molar-refractivity contribution in [3.8, 4) is 45.7 Å². The van der Waals surface area contributed by atoms with E-state index in [1.807, 2.05) is 30.3 Å². The molecule has 1 atom stereocenters. The molecule has 0 saturated heterocycles. The summed E-state index contributed by atoms with van der Waals surface area (Å²) < 4.78 is 10.8. The molecule has 0 radical (unpaired) electrons. The van der Waals surface area contributed by atoms with Gasteiger partial charge in [0.05, 0.1) is 24.8 Å². The van der Waals surface area contributed by atoms with Crippen molar-refractivity contribution in [2.24, 2.45) is 5.92 Å². The van der Waals surface area contributed by atoms with Crippen molar-refractivity contribution in [3.63, 3.8) is 0 Å². The van der Waals surface area contributed by atoms with Crippen molar-refractivity contribution in [2.45, 2.75) is 39.5 Å². The molecular weight excluding hydrogens is 478 g/mol. The largest absolute Gasteiger partial charge is 0.507 e. The van der Waals surface area contributed by atoms with Crippen LogP contribution in [0.15, 0.2) is 72.8 Å². The molecule has 1 aromatic heterocycles. The number of aromatic hydroxyl groups is 1. The third kappa shape index (κ3) is 6.54. The Morgan fingerprint density at radius 3 is 2.13 bits per heavy atom. The summed E-state index contributed by atoms with van der Waals surface area (Å²) in [6.45, 7) is 4.72. The summed E-state index contributed by atoms with van der Waals surface area (Å²) in [6, 6.07) is 21.6. The van der Waals surface area contributed by atoms with E-state index in [1.54, 1.807) is 36.4 Å². The van der Waals surface area contributed by atoms with E-state index in [1.165, 1.54) is 13.2 Å². The van der Waals surface area contributed by atoms with Crippen molar-refractivity contribution < 1.29 is 19.4 Å². The highest BCUT2D eigenvalue weighted by molar-refractivity contribution is 5.90. The van der Waals surface area contributed by atoms with E-state index in [-0.39, 0.29) is 11.7 Å². The lowest BCUT2D eigenvalue weighted by molar-refractivity contribution is 0.0428. The maximum atomic E-state index is 12.7. The number of hydrogen-bond donors (Lipinski definition) is 1. The van der Waals surface area contributed by atoms with E-state index in [4.69, 9.17) is 14.5 Å². The molecule has 0 amide bonds. The van der Waals surface area contributed by atoms with Crippen molar-refractivity contribution in [1.29, 1.82) is 0 Å². The second-order valence-electron chi connectivity index (χ2n) is 9.15. The second kappa shape index (κ2) is 12.8. The molecule has 0 saturated carbocycles. The first kappa shape index (κ1) is 26.8. The number of ether oxygens (including phenoxy) is 2. The van der Waals surface area contributed by atoms with Crippen LogP contribution in [0, 0.1) is 5.92 Å². The first-order valence-electron chi connectivity index (χ1n) is 13.0. The highest BCUT2D eigenvalue weighted by atomic mass is 16.5. The Balaban J connectivity index is 1.63. The van der Waals surface area contributed by atoms with Crippen LogP contribution in [-0.4, -0.2) is 39.7 Å². The van der Waals surface area contributed by atoms with E-state index in [0.717, 1.165) is 31.2 Å². The van der Waals surface area contributed by atoms with Crippen molar-refractivity contribution in [2.75, 3.05) is 13.7 Å². The Morgan fingerprint density at radius 2 is 1.53 bits per heavy atom. The molecule has 0 spiro atoms. The van der Waals surface area contributed by atoms with Crippen LogP contribution in [0.5, 0.6) is 11.5 Å². The van der Waals surface area contributed by atoms with E-state index in [2.05, 4.69) is 23.8 Å². The van der Waals surface area contributed by atoms with Gasteiger partial charge < -0.3 is 14.6 Å². The third-order valence-electron chi connectivity index (χ3n) is 6.49. The Morgan fingerprint density at radius 1 is 0.868 bits per heavy atom.